The highest BCUT2D eigenvalue weighted by atomic mass is 16.2. The molecule has 1 amide bonds. The number of hydrogen-bond acceptors (Lipinski definition) is 3. The molecule has 0 aromatic heterocycles. The van der Waals surface area contributed by atoms with Crippen LogP contribution in [-0.2, 0) is 4.79 Å². The number of fused-ring (bicyclic) bond motifs is 1. The number of rotatable bonds is 1. The normalized spacial score (nSPS) is 24.1. The highest BCUT2D eigenvalue weighted by Gasteiger charge is 2.30. The first kappa shape index (κ1) is 12.6. The van der Waals surface area contributed by atoms with Crippen molar-refractivity contribution in [1.29, 1.82) is 0 Å². The van der Waals surface area contributed by atoms with Crippen LogP contribution >= 0.6 is 0 Å². The van der Waals surface area contributed by atoms with Gasteiger partial charge in [0, 0.05) is 51.4 Å². The Morgan fingerprint density at radius 1 is 1.21 bits per heavy atom. The van der Waals surface area contributed by atoms with E-state index in [1.807, 2.05) is 11.0 Å². The van der Waals surface area contributed by atoms with Crippen molar-refractivity contribution in [2.24, 2.45) is 0 Å². The van der Waals surface area contributed by atoms with Gasteiger partial charge in [-0.15, -0.1) is 0 Å². The number of benzene rings is 1. The van der Waals surface area contributed by atoms with E-state index in [0.717, 1.165) is 44.8 Å². The van der Waals surface area contributed by atoms with Crippen molar-refractivity contribution in [3.05, 3.63) is 29.8 Å². The summed E-state index contributed by atoms with van der Waals surface area (Å²) in [6.07, 6.45) is 1.04. The number of amides is 1. The van der Waals surface area contributed by atoms with Crippen LogP contribution in [0.1, 0.15) is 24.9 Å². The molecular weight excluding hydrogens is 238 g/mol. The molecule has 0 aliphatic carbocycles. The molecule has 0 bridgehead atoms. The molecule has 0 radical (unpaired) electrons. The second-order valence-electron chi connectivity index (χ2n) is 5.32. The molecule has 2 aliphatic heterocycles. The molecule has 2 aliphatic rings. The minimum Gasteiger partial charge on any atom is -0.314 e. The summed E-state index contributed by atoms with van der Waals surface area (Å²) in [5, 5.41) is 3.40. The molecule has 1 unspecified atom stereocenters. The van der Waals surface area contributed by atoms with Crippen LogP contribution in [-0.4, -0.2) is 43.5 Å². The van der Waals surface area contributed by atoms with Crippen molar-refractivity contribution < 1.29 is 4.79 Å². The fourth-order valence-corrected chi connectivity index (χ4v) is 3.24. The van der Waals surface area contributed by atoms with Gasteiger partial charge in [0.1, 0.15) is 0 Å². The molecule has 1 fully saturated rings. The summed E-state index contributed by atoms with van der Waals surface area (Å²) < 4.78 is 0. The van der Waals surface area contributed by atoms with Gasteiger partial charge in [0.2, 0.25) is 5.91 Å². The number of hydrogen-bond donors (Lipinski definition) is 1. The number of carbonyl (C=O) groups is 1. The Bertz CT molecular complexity index is 468. The largest absolute Gasteiger partial charge is 0.314 e. The first-order valence-corrected chi connectivity index (χ1v) is 7.09. The minimum atomic E-state index is 0.145. The molecule has 1 N–H and O–H groups in total. The van der Waals surface area contributed by atoms with E-state index in [4.69, 9.17) is 0 Å². The van der Waals surface area contributed by atoms with E-state index in [0.29, 0.717) is 6.04 Å². The van der Waals surface area contributed by atoms with Crippen LogP contribution in [0.15, 0.2) is 24.3 Å². The number of nitrogens with zero attached hydrogens (tertiary/aromatic N) is 2. The van der Waals surface area contributed by atoms with E-state index in [-0.39, 0.29) is 5.91 Å². The quantitative estimate of drug-likeness (QED) is 0.828. The Kier molecular flexibility index (Phi) is 3.53. The van der Waals surface area contributed by atoms with Crippen molar-refractivity contribution in [2.75, 3.05) is 37.6 Å². The average molecular weight is 259 g/mol. The lowest BCUT2D eigenvalue weighted by atomic mass is 9.94. The molecule has 102 valence electrons. The van der Waals surface area contributed by atoms with Gasteiger partial charge in [-0.25, -0.2) is 0 Å². The number of carbonyl (C=O) groups excluding carboxylic acids is 1. The first-order valence-electron chi connectivity index (χ1n) is 7.09. The third kappa shape index (κ3) is 2.38. The summed E-state index contributed by atoms with van der Waals surface area (Å²) in [6.45, 7) is 6.81. The van der Waals surface area contributed by atoms with Gasteiger partial charge in [-0.3, -0.25) is 9.69 Å². The van der Waals surface area contributed by atoms with Gasteiger partial charge >= 0.3 is 0 Å². The first-order chi connectivity index (χ1) is 9.27. The minimum absolute atomic E-state index is 0.145. The van der Waals surface area contributed by atoms with Crippen molar-refractivity contribution in [1.82, 2.24) is 10.2 Å². The van der Waals surface area contributed by atoms with Crippen LogP contribution in [0.4, 0.5) is 5.69 Å². The highest BCUT2D eigenvalue weighted by Crippen LogP contribution is 2.37. The molecule has 0 spiro atoms. The molecule has 0 saturated carbocycles. The summed E-state index contributed by atoms with van der Waals surface area (Å²) in [4.78, 5) is 16.2. The van der Waals surface area contributed by atoms with Gasteiger partial charge in [-0.2, -0.15) is 0 Å². The average Bonchev–Trinajstić information content (AvgIpc) is 2.47. The van der Waals surface area contributed by atoms with Crippen molar-refractivity contribution in [2.45, 2.75) is 19.4 Å². The lowest BCUT2D eigenvalue weighted by Crippen LogP contribution is -2.47. The molecular formula is C15H21N3O. The van der Waals surface area contributed by atoms with Gasteiger partial charge in [-0.1, -0.05) is 18.2 Å². The Morgan fingerprint density at radius 2 is 1.95 bits per heavy atom. The van der Waals surface area contributed by atoms with Gasteiger partial charge in [-0.05, 0) is 18.1 Å². The fourth-order valence-electron chi connectivity index (χ4n) is 3.24. The Labute approximate surface area is 114 Å². The number of para-hydroxylation sites is 1. The SMILES string of the molecule is CC(=O)N1CCC(N2CCNCC2)c2ccccc21. The zero-order valence-electron chi connectivity index (χ0n) is 11.4. The number of piperazine rings is 1. The second kappa shape index (κ2) is 5.31. The van der Waals surface area contributed by atoms with E-state index in [1.54, 1.807) is 6.92 Å². The van der Waals surface area contributed by atoms with Crippen LogP contribution < -0.4 is 10.2 Å². The van der Waals surface area contributed by atoms with E-state index in [1.165, 1.54) is 5.56 Å². The molecule has 1 aromatic carbocycles. The van der Waals surface area contributed by atoms with Gasteiger partial charge < -0.3 is 10.2 Å². The lowest BCUT2D eigenvalue weighted by molar-refractivity contribution is -0.116. The molecule has 1 aromatic rings. The van der Waals surface area contributed by atoms with Crippen LogP contribution in [0.2, 0.25) is 0 Å². The van der Waals surface area contributed by atoms with Crippen molar-refractivity contribution in [3.63, 3.8) is 0 Å². The third-order valence-electron chi connectivity index (χ3n) is 4.19. The Hall–Kier alpha value is -1.39. The molecule has 2 heterocycles. The lowest BCUT2D eigenvalue weighted by Gasteiger charge is -2.41. The summed E-state index contributed by atoms with van der Waals surface area (Å²) in [5.74, 6) is 0.145. The molecule has 4 heteroatoms. The zero-order valence-corrected chi connectivity index (χ0v) is 11.4. The highest BCUT2D eigenvalue weighted by molar-refractivity contribution is 5.92. The van der Waals surface area contributed by atoms with Crippen LogP contribution in [0.5, 0.6) is 0 Å². The molecule has 1 atom stereocenters. The van der Waals surface area contributed by atoms with Crippen molar-refractivity contribution >= 4 is 11.6 Å². The van der Waals surface area contributed by atoms with Crippen molar-refractivity contribution in [3.8, 4) is 0 Å². The van der Waals surface area contributed by atoms with E-state index in [9.17, 15) is 4.79 Å². The molecule has 19 heavy (non-hydrogen) atoms. The topological polar surface area (TPSA) is 35.6 Å². The van der Waals surface area contributed by atoms with Crippen LogP contribution in [0.3, 0.4) is 0 Å². The summed E-state index contributed by atoms with van der Waals surface area (Å²) in [6, 6.07) is 8.82. The van der Waals surface area contributed by atoms with Crippen LogP contribution in [0.25, 0.3) is 0 Å². The summed E-state index contributed by atoms with van der Waals surface area (Å²) in [5.41, 5.74) is 2.41. The third-order valence-corrected chi connectivity index (χ3v) is 4.19. The Morgan fingerprint density at radius 3 is 2.68 bits per heavy atom. The summed E-state index contributed by atoms with van der Waals surface area (Å²) in [7, 11) is 0. The van der Waals surface area contributed by atoms with Crippen LogP contribution in [0, 0.1) is 0 Å². The van der Waals surface area contributed by atoms with Gasteiger partial charge in [0.25, 0.3) is 0 Å². The molecule has 4 nitrogen and oxygen atoms in total. The maximum Gasteiger partial charge on any atom is 0.223 e. The van der Waals surface area contributed by atoms with Gasteiger partial charge in [0.15, 0.2) is 0 Å². The zero-order chi connectivity index (χ0) is 13.2. The summed E-state index contributed by atoms with van der Waals surface area (Å²) >= 11 is 0. The Balaban J connectivity index is 1.91. The number of nitrogens with one attached hydrogen (secondary N) is 1. The van der Waals surface area contributed by atoms with E-state index >= 15 is 0 Å². The van der Waals surface area contributed by atoms with Gasteiger partial charge in [0.05, 0.1) is 0 Å². The smallest absolute Gasteiger partial charge is 0.223 e. The second-order valence-corrected chi connectivity index (χ2v) is 5.32. The molecule has 1 saturated heterocycles. The molecule has 3 rings (SSSR count). The standard InChI is InChI=1S/C15H21N3O/c1-12(19)18-9-6-14(17-10-7-16-8-11-17)13-4-2-3-5-15(13)18/h2-5,14,16H,6-11H2,1H3. The predicted molar refractivity (Wildman–Crippen MR) is 76.3 cm³/mol. The monoisotopic (exact) mass is 259 g/mol. The number of anilines is 1. The van der Waals surface area contributed by atoms with E-state index < -0.39 is 0 Å². The maximum atomic E-state index is 11.7. The predicted octanol–water partition coefficient (Wildman–Crippen LogP) is 1.39. The maximum absolute atomic E-state index is 11.7. The fraction of sp³-hybridized carbons (Fsp3) is 0.533. The van der Waals surface area contributed by atoms with E-state index in [2.05, 4.69) is 28.4 Å².